The van der Waals surface area contributed by atoms with E-state index in [1.165, 1.54) is 12.1 Å². The van der Waals surface area contributed by atoms with Gasteiger partial charge in [0.25, 0.3) is 5.91 Å². The molecule has 4 heterocycles. The molecule has 0 radical (unpaired) electrons. The topological polar surface area (TPSA) is 96.1 Å². The summed E-state index contributed by atoms with van der Waals surface area (Å²) in [5.74, 6) is 0.0149. The molecule has 1 amide bonds. The van der Waals surface area contributed by atoms with Crippen LogP contribution >= 0.6 is 0 Å². The number of nitrogens with one attached hydrogen (secondary N) is 1. The second-order valence-electron chi connectivity index (χ2n) is 8.38. The highest BCUT2D eigenvalue weighted by molar-refractivity contribution is 6.01. The number of ether oxygens (including phenoxy) is 1. The van der Waals surface area contributed by atoms with E-state index in [-0.39, 0.29) is 29.2 Å². The number of carbonyl (C=O) groups excluding carboxylic acids is 1. The number of rotatable bonds is 3. The Morgan fingerprint density at radius 3 is 2.94 bits per heavy atom. The third-order valence-electron chi connectivity index (χ3n) is 6.31. The van der Waals surface area contributed by atoms with E-state index < -0.39 is 5.82 Å². The predicted molar refractivity (Wildman–Crippen MR) is 113 cm³/mol. The molecule has 1 spiro atoms. The van der Waals surface area contributed by atoms with Crippen LogP contribution in [-0.4, -0.2) is 46.0 Å². The average molecular weight is 430 g/mol. The molecule has 32 heavy (non-hydrogen) atoms. The van der Waals surface area contributed by atoms with Crippen molar-refractivity contribution in [3.8, 4) is 23.0 Å². The van der Waals surface area contributed by atoms with Crippen LogP contribution in [0.2, 0.25) is 0 Å². The molecule has 1 aromatic carbocycles. The summed E-state index contributed by atoms with van der Waals surface area (Å²) in [6.07, 6.45) is 3.92. The molecule has 2 aromatic heterocycles. The molecular formula is C23H19FN6O2. The summed E-state index contributed by atoms with van der Waals surface area (Å²) in [6, 6.07) is 9.90. The minimum Gasteiger partial charge on any atom is -0.371 e. The normalized spacial score (nSPS) is 18.4. The molecule has 3 aliphatic rings. The van der Waals surface area contributed by atoms with Gasteiger partial charge in [0, 0.05) is 25.4 Å². The summed E-state index contributed by atoms with van der Waals surface area (Å²) in [5.41, 5.74) is 2.00. The Kier molecular flexibility index (Phi) is 4.07. The number of nitrogens with zero attached hydrogens (tertiary/aromatic N) is 5. The minimum atomic E-state index is -0.538. The van der Waals surface area contributed by atoms with Crippen LogP contribution in [-0.2, 0) is 11.3 Å². The molecule has 0 atom stereocenters. The highest BCUT2D eigenvalue weighted by Crippen LogP contribution is 2.42. The molecule has 3 aromatic rings. The lowest BCUT2D eigenvalue weighted by Crippen LogP contribution is -2.44. The first-order valence-corrected chi connectivity index (χ1v) is 10.5. The molecule has 1 aliphatic carbocycles. The Morgan fingerprint density at radius 1 is 1.25 bits per heavy atom. The maximum atomic E-state index is 14.7. The quantitative estimate of drug-likeness (QED) is 0.686. The molecular weight excluding hydrogens is 411 g/mol. The van der Waals surface area contributed by atoms with Gasteiger partial charge < -0.3 is 15.0 Å². The second kappa shape index (κ2) is 6.87. The van der Waals surface area contributed by atoms with E-state index in [9.17, 15) is 14.4 Å². The second-order valence-corrected chi connectivity index (χ2v) is 8.38. The van der Waals surface area contributed by atoms with E-state index >= 15 is 0 Å². The van der Waals surface area contributed by atoms with Crippen molar-refractivity contribution in [1.29, 1.82) is 5.26 Å². The average Bonchev–Trinajstić information content (AvgIpc) is 3.21. The van der Waals surface area contributed by atoms with Crippen LogP contribution in [0.3, 0.4) is 0 Å². The highest BCUT2D eigenvalue weighted by atomic mass is 19.1. The number of aromatic nitrogens is 3. The SMILES string of the molecule is N#Cc1cccc(F)c1-c1cc(-n2ccc(N3CCOC4(CC4)C3)n2)c2c(n1)CNC2=O. The fourth-order valence-corrected chi connectivity index (χ4v) is 4.50. The van der Waals surface area contributed by atoms with E-state index in [1.807, 2.05) is 12.1 Å². The Balaban J connectivity index is 1.46. The molecule has 1 saturated heterocycles. The van der Waals surface area contributed by atoms with Crippen LogP contribution in [0.4, 0.5) is 10.2 Å². The van der Waals surface area contributed by atoms with Crippen LogP contribution in [0, 0.1) is 17.1 Å². The van der Waals surface area contributed by atoms with Gasteiger partial charge in [-0.2, -0.15) is 10.4 Å². The van der Waals surface area contributed by atoms with Crippen molar-refractivity contribution in [2.24, 2.45) is 0 Å². The molecule has 2 aliphatic heterocycles. The van der Waals surface area contributed by atoms with E-state index in [0.29, 0.717) is 29.2 Å². The Morgan fingerprint density at radius 2 is 2.12 bits per heavy atom. The van der Waals surface area contributed by atoms with Crippen LogP contribution in [0.25, 0.3) is 16.9 Å². The zero-order valence-corrected chi connectivity index (χ0v) is 17.1. The number of morpholine rings is 1. The highest BCUT2D eigenvalue weighted by Gasteiger charge is 2.47. The molecule has 0 bridgehead atoms. The maximum absolute atomic E-state index is 14.7. The van der Waals surface area contributed by atoms with Crippen LogP contribution in [0.1, 0.15) is 34.5 Å². The largest absolute Gasteiger partial charge is 0.371 e. The lowest BCUT2D eigenvalue weighted by Gasteiger charge is -2.33. The Labute approximate surface area is 183 Å². The molecule has 2 fully saturated rings. The standard InChI is InChI=1S/C23H19FN6O2/c24-15-3-1-2-14(11-25)20(15)16-10-18(21-17(27-16)12-26-22(21)31)30-7-4-19(28-30)29-8-9-32-23(13-29)5-6-23/h1-4,7,10H,5-6,8-9,12-13H2,(H,26,31). The lowest BCUT2D eigenvalue weighted by atomic mass is 10.0. The van der Waals surface area contributed by atoms with E-state index in [4.69, 9.17) is 9.84 Å². The summed E-state index contributed by atoms with van der Waals surface area (Å²) in [6.45, 7) is 2.45. The van der Waals surface area contributed by atoms with Gasteiger partial charge in [0.1, 0.15) is 5.82 Å². The van der Waals surface area contributed by atoms with Crippen LogP contribution < -0.4 is 10.2 Å². The van der Waals surface area contributed by atoms with Crippen molar-refractivity contribution in [2.45, 2.75) is 25.0 Å². The number of halogens is 1. The number of carbonyl (C=O) groups is 1. The number of benzene rings is 1. The third kappa shape index (κ3) is 2.95. The minimum absolute atomic E-state index is 0.0362. The lowest BCUT2D eigenvalue weighted by molar-refractivity contribution is 0.0203. The number of nitriles is 1. The molecule has 0 unspecified atom stereocenters. The molecule has 1 saturated carbocycles. The molecule has 1 N–H and O–H groups in total. The van der Waals surface area contributed by atoms with Crippen molar-refractivity contribution in [1.82, 2.24) is 20.1 Å². The number of anilines is 1. The number of amides is 1. The smallest absolute Gasteiger partial charge is 0.255 e. The van der Waals surface area contributed by atoms with Crippen molar-refractivity contribution in [3.05, 3.63) is 59.2 Å². The van der Waals surface area contributed by atoms with Crippen LogP contribution in [0.15, 0.2) is 36.5 Å². The van der Waals surface area contributed by atoms with Gasteiger partial charge in [0.05, 0.1) is 58.6 Å². The van der Waals surface area contributed by atoms with Gasteiger partial charge in [-0.1, -0.05) is 6.07 Å². The number of hydrogen-bond acceptors (Lipinski definition) is 6. The van der Waals surface area contributed by atoms with Crippen molar-refractivity contribution >= 4 is 11.7 Å². The summed E-state index contributed by atoms with van der Waals surface area (Å²) in [5, 5.41) is 17.0. The molecule has 8 nitrogen and oxygen atoms in total. The van der Waals surface area contributed by atoms with Crippen molar-refractivity contribution < 1.29 is 13.9 Å². The van der Waals surface area contributed by atoms with Gasteiger partial charge in [0.2, 0.25) is 0 Å². The first kappa shape index (κ1) is 19.0. The summed E-state index contributed by atoms with van der Waals surface area (Å²) >= 11 is 0. The number of hydrogen-bond donors (Lipinski definition) is 1. The van der Waals surface area contributed by atoms with Gasteiger partial charge >= 0.3 is 0 Å². The van der Waals surface area contributed by atoms with Gasteiger partial charge in [0.15, 0.2) is 5.82 Å². The predicted octanol–water partition coefficient (Wildman–Crippen LogP) is 2.56. The number of fused-ring (bicyclic) bond motifs is 1. The zero-order valence-electron chi connectivity index (χ0n) is 17.1. The third-order valence-corrected chi connectivity index (χ3v) is 6.31. The van der Waals surface area contributed by atoms with E-state index in [1.54, 1.807) is 23.0 Å². The van der Waals surface area contributed by atoms with Gasteiger partial charge in [-0.15, -0.1) is 0 Å². The van der Waals surface area contributed by atoms with Crippen molar-refractivity contribution in [2.75, 3.05) is 24.6 Å². The fourth-order valence-electron chi connectivity index (χ4n) is 4.50. The van der Waals surface area contributed by atoms with Gasteiger partial charge in [-0.05, 0) is 31.0 Å². The monoisotopic (exact) mass is 430 g/mol. The summed E-state index contributed by atoms with van der Waals surface area (Å²) in [7, 11) is 0. The molecule has 160 valence electrons. The Hall–Kier alpha value is -3.77. The van der Waals surface area contributed by atoms with Gasteiger partial charge in [-0.3, -0.25) is 4.79 Å². The first-order valence-electron chi connectivity index (χ1n) is 10.5. The molecule has 9 heteroatoms. The van der Waals surface area contributed by atoms with Gasteiger partial charge in [-0.25, -0.2) is 14.1 Å². The van der Waals surface area contributed by atoms with E-state index in [0.717, 1.165) is 31.7 Å². The summed E-state index contributed by atoms with van der Waals surface area (Å²) < 4.78 is 22.2. The Bertz CT molecular complexity index is 1310. The maximum Gasteiger partial charge on any atom is 0.255 e. The summed E-state index contributed by atoms with van der Waals surface area (Å²) in [4.78, 5) is 19.3. The fraction of sp³-hybridized carbons (Fsp3) is 0.304. The van der Waals surface area contributed by atoms with Crippen LogP contribution in [0.5, 0.6) is 0 Å². The number of pyridine rings is 1. The first-order chi connectivity index (χ1) is 15.6. The van der Waals surface area contributed by atoms with E-state index in [2.05, 4.69) is 15.2 Å². The van der Waals surface area contributed by atoms with Crippen molar-refractivity contribution in [3.63, 3.8) is 0 Å². The zero-order chi connectivity index (χ0) is 21.9. The molecule has 6 rings (SSSR count).